The summed E-state index contributed by atoms with van der Waals surface area (Å²) in [5.74, 6) is -0.131. The van der Waals surface area contributed by atoms with Crippen molar-refractivity contribution in [3.05, 3.63) is 34.4 Å². The van der Waals surface area contributed by atoms with Gasteiger partial charge in [-0.05, 0) is 22.8 Å². The summed E-state index contributed by atoms with van der Waals surface area (Å²) in [6.45, 7) is 0.608. The molecule has 5 heteroatoms. The van der Waals surface area contributed by atoms with E-state index < -0.39 is 0 Å². The molecule has 1 N–H and O–H groups in total. The number of amides is 2. The first kappa shape index (κ1) is 9.41. The summed E-state index contributed by atoms with van der Waals surface area (Å²) in [5, 5.41) is 2.86. The summed E-state index contributed by atoms with van der Waals surface area (Å²) in [4.78, 5) is 27.5. The molecule has 4 nitrogen and oxygen atoms in total. The second-order valence-corrected chi connectivity index (χ2v) is 5.65. The average Bonchev–Trinajstić information content (AvgIpc) is 2.73. The quantitative estimate of drug-likeness (QED) is 0.746. The van der Waals surface area contributed by atoms with Crippen molar-refractivity contribution in [1.29, 1.82) is 0 Å². The minimum Gasteiger partial charge on any atom is -0.351 e. The number of nitrogens with one attached hydrogen (secondary N) is 1. The third-order valence-electron chi connectivity index (χ3n) is 3.45. The molecule has 0 aromatic heterocycles. The third-order valence-corrected chi connectivity index (χ3v) is 4.89. The Morgan fingerprint density at radius 2 is 2.18 bits per heavy atom. The highest BCUT2D eigenvalue weighted by atomic mass is 32.2. The molecule has 1 aromatic carbocycles. The fourth-order valence-electron chi connectivity index (χ4n) is 2.72. The molecule has 84 valence electrons. The standard InChI is InChI=1S/C12H8N2O2S/c15-11-6-2-1-5-3-13-12(16)10-8(5)9(6)7(17-10)4-14-11/h1-3,7,10H,4H2,(H,14,15). The molecule has 0 saturated carbocycles. The molecule has 0 fully saturated rings. The van der Waals surface area contributed by atoms with Gasteiger partial charge in [-0.1, -0.05) is 6.07 Å². The maximum Gasteiger partial charge on any atom is 0.263 e. The van der Waals surface area contributed by atoms with Crippen molar-refractivity contribution in [3.8, 4) is 0 Å². The van der Waals surface area contributed by atoms with Gasteiger partial charge in [0.05, 0.1) is 0 Å². The Morgan fingerprint density at radius 3 is 3.06 bits per heavy atom. The second-order valence-electron chi connectivity index (χ2n) is 4.34. The SMILES string of the molecule is O=C1NCC2SC3C(=O)N=Cc4ccc1c2c43. The van der Waals surface area contributed by atoms with Gasteiger partial charge >= 0.3 is 0 Å². The fraction of sp³-hybridized carbons (Fsp3) is 0.250. The maximum absolute atomic E-state index is 11.8. The molecule has 2 unspecified atom stereocenters. The van der Waals surface area contributed by atoms with Crippen LogP contribution in [-0.4, -0.2) is 24.6 Å². The van der Waals surface area contributed by atoms with Crippen LogP contribution < -0.4 is 5.32 Å². The molecule has 0 aliphatic carbocycles. The van der Waals surface area contributed by atoms with Crippen molar-refractivity contribution in [3.63, 3.8) is 0 Å². The van der Waals surface area contributed by atoms with Gasteiger partial charge in [-0.15, -0.1) is 11.8 Å². The number of benzene rings is 1. The molecule has 3 aliphatic rings. The molecule has 2 atom stereocenters. The molecule has 0 spiro atoms. The first-order valence-electron chi connectivity index (χ1n) is 5.44. The lowest BCUT2D eigenvalue weighted by Crippen LogP contribution is -2.33. The molecule has 0 radical (unpaired) electrons. The van der Waals surface area contributed by atoms with Gasteiger partial charge in [0.2, 0.25) is 0 Å². The second kappa shape index (κ2) is 2.98. The molecule has 0 bridgehead atoms. The zero-order valence-corrected chi connectivity index (χ0v) is 9.58. The van der Waals surface area contributed by atoms with Crippen molar-refractivity contribution >= 4 is 29.8 Å². The number of aliphatic imine (C=N–C) groups is 1. The Kier molecular flexibility index (Phi) is 1.65. The van der Waals surface area contributed by atoms with E-state index in [9.17, 15) is 9.59 Å². The van der Waals surface area contributed by atoms with Crippen LogP contribution in [0.3, 0.4) is 0 Å². The van der Waals surface area contributed by atoms with Gasteiger partial charge in [-0.3, -0.25) is 9.59 Å². The third kappa shape index (κ3) is 1.07. The normalized spacial score (nSPS) is 28.0. The highest BCUT2D eigenvalue weighted by Gasteiger charge is 2.43. The van der Waals surface area contributed by atoms with E-state index >= 15 is 0 Å². The van der Waals surface area contributed by atoms with Crippen molar-refractivity contribution in [2.24, 2.45) is 4.99 Å². The van der Waals surface area contributed by atoms with E-state index in [1.165, 1.54) is 0 Å². The Balaban J connectivity index is 2.07. The van der Waals surface area contributed by atoms with Crippen LogP contribution in [0, 0.1) is 0 Å². The Morgan fingerprint density at radius 1 is 1.29 bits per heavy atom. The largest absolute Gasteiger partial charge is 0.351 e. The average molecular weight is 244 g/mol. The predicted octanol–water partition coefficient (Wildman–Crippen LogP) is 1.22. The number of rotatable bonds is 0. The molecular weight excluding hydrogens is 236 g/mol. The van der Waals surface area contributed by atoms with Crippen LogP contribution >= 0.6 is 11.8 Å². The Labute approximate surface area is 101 Å². The number of hydrogen-bond acceptors (Lipinski definition) is 3. The number of nitrogens with zero attached hydrogens (tertiary/aromatic N) is 1. The van der Waals surface area contributed by atoms with Crippen molar-refractivity contribution in [2.45, 2.75) is 10.5 Å². The predicted molar refractivity (Wildman–Crippen MR) is 64.4 cm³/mol. The van der Waals surface area contributed by atoms with Gasteiger partial charge in [-0.2, -0.15) is 0 Å². The summed E-state index contributed by atoms with van der Waals surface area (Å²) in [5.41, 5.74) is 3.78. The van der Waals surface area contributed by atoms with Crippen molar-refractivity contribution < 1.29 is 9.59 Å². The van der Waals surface area contributed by atoms with Gasteiger partial charge in [0, 0.05) is 23.6 Å². The number of hydrogen-bond donors (Lipinski definition) is 1. The van der Waals surface area contributed by atoms with E-state index in [1.807, 2.05) is 12.1 Å². The lowest BCUT2D eigenvalue weighted by Gasteiger charge is -2.21. The van der Waals surface area contributed by atoms with Crippen LogP contribution in [0.25, 0.3) is 0 Å². The van der Waals surface area contributed by atoms with E-state index in [0.717, 1.165) is 22.3 Å². The van der Waals surface area contributed by atoms with Crippen LogP contribution in [0.4, 0.5) is 0 Å². The fourth-order valence-corrected chi connectivity index (χ4v) is 4.19. The molecule has 17 heavy (non-hydrogen) atoms. The van der Waals surface area contributed by atoms with Gasteiger partial charge in [-0.25, -0.2) is 4.99 Å². The highest BCUT2D eigenvalue weighted by Crippen LogP contribution is 2.54. The first-order chi connectivity index (χ1) is 8.25. The molecule has 3 heterocycles. The zero-order valence-electron chi connectivity index (χ0n) is 8.77. The van der Waals surface area contributed by atoms with Gasteiger partial charge in [0.15, 0.2) is 0 Å². The summed E-state index contributed by atoms with van der Waals surface area (Å²) in [6, 6.07) is 3.71. The minimum absolute atomic E-state index is 0.0322. The van der Waals surface area contributed by atoms with Crippen LogP contribution in [0.2, 0.25) is 0 Å². The van der Waals surface area contributed by atoms with E-state index in [4.69, 9.17) is 0 Å². The van der Waals surface area contributed by atoms with Crippen LogP contribution in [-0.2, 0) is 4.79 Å². The number of thioether (sulfide) groups is 1. The molecule has 3 aliphatic heterocycles. The van der Waals surface area contributed by atoms with Crippen molar-refractivity contribution in [1.82, 2.24) is 5.32 Å². The molecular formula is C12H8N2O2S. The smallest absolute Gasteiger partial charge is 0.263 e. The Hall–Kier alpha value is -1.62. The molecule has 0 saturated heterocycles. The highest BCUT2D eigenvalue weighted by molar-refractivity contribution is 8.00. The lowest BCUT2D eigenvalue weighted by molar-refractivity contribution is -0.117. The minimum atomic E-state index is -0.206. The van der Waals surface area contributed by atoms with Crippen LogP contribution in [0.15, 0.2) is 17.1 Å². The van der Waals surface area contributed by atoms with E-state index in [1.54, 1.807) is 18.0 Å². The monoisotopic (exact) mass is 244 g/mol. The van der Waals surface area contributed by atoms with Gasteiger partial charge in [0.25, 0.3) is 11.8 Å². The van der Waals surface area contributed by atoms with Gasteiger partial charge in [0.1, 0.15) is 5.25 Å². The lowest BCUT2D eigenvalue weighted by atomic mass is 9.89. The first-order valence-corrected chi connectivity index (χ1v) is 6.38. The summed E-state index contributed by atoms with van der Waals surface area (Å²) >= 11 is 1.60. The Bertz CT molecular complexity index is 609. The van der Waals surface area contributed by atoms with E-state index in [2.05, 4.69) is 10.3 Å². The topological polar surface area (TPSA) is 58.5 Å². The summed E-state index contributed by atoms with van der Waals surface area (Å²) in [7, 11) is 0. The van der Waals surface area contributed by atoms with E-state index in [0.29, 0.717) is 6.54 Å². The molecule has 2 amide bonds. The van der Waals surface area contributed by atoms with Crippen molar-refractivity contribution in [2.75, 3.05) is 6.54 Å². The maximum atomic E-state index is 11.8. The zero-order chi connectivity index (χ0) is 11.6. The number of carbonyl (C=O) groups is 2. The summed E-state index contributed by atoms with van der Waals surface area (Å²) in [6.07, 6.45) is 1.61. The van der Waals surface area contributed by atoms with Crippen LogP contribution in [0.1, 0.15) is 37.5 Å². The van der Waals surface area contributed by atoms with Crippen LogP contribution in [0.5, 0.6) is 0 Å². The molecule has 1 aromatic rings. The van der Waals surface area contributed by atoms with Gasteiger partial charge < -0.3 is 5.32 Å². The number of carbonyl (C=O) groups excluding carboxylic acids is 2. The van der Waals surface area contributed by atoms with E-state index in [-0.39, 0.29) is 22.3 Å². The molecule has 4 rings (SSSR count). The summed E-state index contributed by atoms with van der Waals surface area (Å²) < 4.78 is 0.